The van der Waals surface area contributed by atoms with Crippen LogP contribution in [-0.4, -0.2) is 18.1 Å². The van der Waals surface area contributed by atoms with Crippen molar-refractivity contribution in [1.82, 2.24) is 0 Å². The van der Waals surface area contributed by atoms with E-state index in [1.807, 2.05) is 31.3 Å². The molecule has 4 heteroatoms. The van der Waals surface area contributed by atoms with E-state index in [1.165, 1.54) is 5.56 Å². The van der Waals surface area contributed by atoms with E-state index < -0.39 is 5.97 Å². The molecule has 0 unspecified atom stereocenters. The maximum absolute atomic E-state index is 10.4. The summed E-state index contributed by atoms with van der Waals surface area (Å²) in [5, 5.41) is 12.8. The molecule has 2 aromatic rings. The van der Waals surface area contributed by atoms with Crippen LogP contribution in [0.15, 0.2) is 47.2 Å². The van der Waals surface area contributed by atoms with Crippen molar-refractivity contribution in [1.29, 1.82) is 0 Å². The third-order valence-electron chi connectivity index (χ3n) is 2.75. The van der Waals surface area contributed by atoms with Crippen molar-refractivity contribution < 1.29 is 9.90 Å². The van der Waals surface area contributed by atoms with E-state index in [0.29, 0.717) is 0 Å². The van der Waals surface area contributed by atoms with Gasteiger partial charge in [0.25, 0.3) is 0 Å². The number of benzene rings is 1. The van der Waals surface area contributed by atoms with E-state index in [-0.39, 0.29) is 0 Å². The van der Waals surface area contributed by atoms with Crippen molar-refractivity contribution in [3.8, 4) is 0 Å². The van der Waals surface area contributed by atoms with Crippen molar-refractivity contribution in [2.24, 2.45) is 0 Å². The smallest absolute Gasteiger partial charge is 0.328 e. The van der Waals surface area contributed by atoms with E-state index in [4.69, 9.17) is 5.11 Å². The largest absolute Gasteiger partial charge is 0.478 e. The second-order valence-corrected chi connectivity index (χ2v) is 5.03. The maximum atomic E-state index is 10.4. The SMILES string of the molecule is CN(Cc1ccsc1)c1ccc(/C=C/C(=O)O)cc1. The number of rotatable bonds is 5. The fourth-order valence-electron chi connectivity index (χ4n) is 1.76. The Labute approximate surface area is 116 Å². The average Bonchev–Trinajstić information content (AvgIpc) is 2.89. The predicted octanol–water partition coefficient (Wildman–Crippen LogP) is 3.48. The van der Waals surface area contributed by atoms with Crippen LogP contribution in [0.1, 0.15) is 11.1 Å². The molecule has 2 rings (SSSR count). The number of aliphatic carboxylic acids is 1. The van der Waals surface area contributed by atoms with Crippen LogP contribution in [0.2, 0.25) is 0 Å². The molecule has 0 saturated carbocycles. The first-order valence-corrected chi connectivity index (χ1v) is 6.83. The van der Waals surface area contributed by atoms with Crippen molar-refractivity contribution in [2.75, 3.05) is 11.9 Å². The lowest BCUT2D eigenvalue weighted by Crippen LogP contribution is -2.15. The molecule has 0 aliphatic rings. The molecule has 1 aromatic heterocycles. The van der Waals surface area contributed by atoms with E-state index in [0.717, 1.165) is 23.9 Å². The lowest BCUT2D eigenvalue weighted by molar-refractivity contribution is -0.131. The molecular weight excluding hydrogens is 258 g/mol. The lowest BCUT2D eigenvalue weighted by Gasteiger charge is -2.18. The molecule has 0 aliphatic heterocycles. The van der Waals surface area contributed by atoms with Crippen LogP contribution in [0, 0.1) is 0 Å². The van der Waals surface area contributed by atoms with Crippen molar-refractivity contribution in [3.63, 3.8) is 0 Å². The Balaban J connectivity index is 2.03. The zero-order chi connectivity index (χ0) is 13.7. The van der Waals surface area contributed by atoms with Gasteiger partial charge in [0.1, 0.15) is 0 Å². The monoisotopic (exact) mass is 273 g/mol. The summed E-state index contributed by atoms with van der Waals surface area (Å²) in [7, 11) is 2.04. The molecule has 0 saturated heterocycles. The van der Waals surface area contributed by atoms with Gasteiger partial charge < -0.3 is 10.0 Å². The van der Waals surface area contributed by atoms with E-state index in [1.54, 1.807) is 17.4 Å². The van der Waals surface area contributed by atoms with Gasteiger partial charge in [-0.25, -0.2) is 4.79 Å². The highest BCUT2D eigenvalue weighted by Crippen LogP contribution is 2.18. The summed E-state index contributed by atoms with van der Waals surface area (Å²) < 4.78 is 0. The van der Waals surface area contributed by atoms with Gasteiger partial charge >= 0.3 is 5.97 Å². The highest BCUT2D eigenvalue weighted by atomic mass is 32.1. The van der Waals surface area contributed by atoms with Gasteiger partial charge in [-0.05, 0) is 46.2 Å². The highest BCUT2D eigenvalue weighted by Gasteiger charge is 2.02. The Kier molecular flexibility index (Phi) is 4.36. The van der Waals surface area contributed by atoms with Gasteiger partial charge in [-0.2, -0.15) is 11.3 Å². The number of thiophene rings is 1. The molecule has 1 aromatic carbocycles. The molecule has 1 N–H and O–H groups in total. The van der Waals surface area contributed by atoms with Crippen LogP contribution in [0.4, 0.5) is 5.69 Å². The van der Waals surface area contributed by atoms with Crippen molar-refractivity contribution >= 4 is 29.1 Å². The molecule has 0 amide bonds. The topological polar surface area (TPSA) is 40.5 Å². The Morgan fingerprint density at radius 1 is 1.32 bits per heavy atom. The Morgan fingerprint density at radius 2 is 2.05 bits per heavy atom. The van der Waals surface area contributed by atoms with Gasteiger partial charge in [-0.1, -0.05) is 12.1 Å². The first kappa shape index (κ1) is 13.4. The zero-order valence-electron chi connectivity index (χ0n) is 10.6. The third kappa shape index (κ3) is 3.96. The summed E-state index contributed by atoms with van der Waals surface area (Å²) in [6.45, 7) is 0.869. The number of anilines is 1. The second kappa shape index (κ2) is 6.20. The molecular formula is C15H15NO2S. The van der Waals surface area contributed by atoms with Gasteiger partial charge in [0.15, 0.2) is 0 Å². The molecule has 0 spiro atoms. The predicted molar refractivity (Wildman–Crippen MR) is 79.5 cm³/mol. The molecule has 3 nitrogen and oxygen atoms in total. The molecule has 19 heavy (non-hydrogen) atoms. The molecule has 98 valence electrons. The number of carboxylic acids is 1. The number of carbonyl (C=O) groups is 1. The summed E-state index contributed by atoms with van der Waals surface area (Å²) >= 11 is 1.70. The van der Waals surface area contributed by atoms with Crippen molar-refractivity contribution in [3.05, 3.63) is 58.3 Å². The molecule has 1 heterocycles. The molecule has 0 aliphatic carbocycles. The fourth-order valence-corrected chi connectivity index (χ4v) is 2.42. The number of hydrogen-bond acceptors (Lipinski definition) is 3. The summed E-state index contributed by atoms with van der Waals surface area (Å²) in [4.78, 5) is 12.6. The van der Waals surface area contributed by atoms with E-state index in [9.17, 15) is 4.79 Å². The van der Waals surface area contributed by atoms with E-state index in [2.05, 4.69) is 21.7 Å². The summed E-state index contributed by atoms with van der Waals surface area (Å²) in [6.07, 6.45) is 2.73. The minimum absolute atomic E-state index is 0.869. The minimum Gasteiger partial charge on any atom is -0.478 e. The van der Waals surface area contributed by atoms with Gasteiger partial charge in [0.05, 0.1) is 0 Å². The quantitative estimate of drug-likeness (QED) is 0.848. The Bertz CT molecular complexity index is 558. The van der Waals surface area contributed by atoms with Crippen LogP contribution >= 0.6 is 11.3 Å². The van der Waals surface area contributed by atoms with Crippen LogP contribution < -0.4 is 4.90 Å². The first-order chi connectivity index (χ1) is 9.15. The number of hydrogen-bond donors (Lipinski definition) is 1. The molecule has 0 atom stereocenters. The highest BCUT2D eigenvalue weighted by molar-refractivity contribution is 7.07. The van der Waals surface area contributed by atoms with Crippen molar-refractivity contribution in [2.45, 2.75) is 6.54 Å². The minimum atomic E-state index is -0.932. The molecule has 0 radical (unpaired) electrons. The van der Waals surface area contributed by atoms with Crippen LogP contribution in [0.5, 0.6) is 0 Å². The van der Waals surface area contributed by atoms with Crippen LogP contribution in [0.25, 0.3) is 6.08 Å². The Hall–Kier alpha value is -2.07. The first-order valence-electron chi connectivity index (χ1n) is 5.88. The zero-order valence-corrected chi connectivity index (χ0v) is 11.4. The van der Waals surface area contributed by atoms with Gasteiger partial charge in [0.2, 0.25) is 0 Å². The third-order valence-corrected chi connectivity index (χ3v) is 3.48. The summed E-state index contributed by atoms with van der Waals surface area (Å²) in [5.74, 6) is -0.932. The standard InChI is InChI=1S/C15H15NO2S/c1-16(10-13-8-9-19-11-13)14-5-2-12(3-6-14)4-7-15(17)18/h2-9,11H,10H2,1H3,(H,17,18)/b7-4+. The molecule has 0 fully saturated rings. The average molecular weight is 273 g/mol. The molecule has 0 bridgehead atoms. The van der Waals surface area contributed by atoms with Crippen LogP contribution in [-0.2, 0) is 11.3 Å². The van der Waals surface area contributed by atoms with Gasteiger partial charge in [0, 0.05) is 25.4 Å². The van der Waals surface area contributed by atoms with Gasteiger partial charge in [-0.3, -0.25) is 0 Å². The normalized spacial score (nSPS) is 10.8. The fraction of sp³-hybridized carbons (Fsp3) is 0.133. The van der Waals surface area contributed by atoms with Crippen LogP contribution in [0.3, 0.4) is 0 Å². The second-order valence-electron chi connectivity index (χ2n) is 4.25. The summed E-state index contributed by atoms with van der Waals surface area (Å²) in [6, 6.07) is 9.94. The van der Waals surface area contributed by atoms with Gasteiger partial charge in [-0.15, -0.1) is 0 Å². The number of nitrogens with zero attached hydrogens (tertiary/aromatic N) is 1. The summed E-state index contributed by atoms with van der Waals surface area (Å²) in [5.41, 5.74) is 3.29. The van der Waals surface area contributed by atoms with E-state index >= 15 is 0 Å². The number of carboxylic acid groups (broad SMARTS) is 1. The lowest BCUT2D eigenvalue weighted by atomic mass is 10.2. The maximum Gasteiger partial charge on any atom is 0.328 e. The Morgan fingerprint density at radius 3 is 2.63 bits per heavy atom.